The molecule has 8 rings (SSSR count). The van der Waals surface area contributed by atoms with Crippen LogP contribution in [0.4, 0.5) is 13.6 Å². The van der Waals surface area contributed by atoms with Crippen LogP contribution in [0.15, 0.2) is 23.0 Å². The van der Waals surface area contributed by atoms with Crippen LogP contribution in [-0.2, 0) is 35.6 Å². The van der Waals surface area contributed by atoms with Gasteiger partial charge in [-0.1, -0.05) is 40.5 Å². The maximum Gasteiger partial charge on any atom is 0.408 e. The Morgan fingerprint density at radius 3 is 2.45 bits per heavy atom. The summed E-state index contributed by atoms with van der Waals surface area (Å²) in [5.74, 6) is -2.92. The van der Waals surface area contributed by atoms with Gasteiger partial charge in [-0.25, -0.2) is 27.0 Å². The lowest BCUT2D eigenvalue weighted by Crippen LogP contribution is -2.61. The fourth-order valence-electron chi connectivity index (χ4n) is 9.67. The fraction of sp³-hybridized carbons (Fsp3) is 0.714. The molecule has 1 aliphatic heterocycles. The number of sulfonamides is 1. The second-order valence-corrected chi connectivity index (χ2v) is 20.9. The molecule has 0 spiro atoms. The van der Waals surface area contributed by atoms with Gasteiger partial charge in [0, 0.05) is 12.6 Å². The summed E-state index contributed by atoms with van der Waals surface area (Å²) in [5, 5.41) is 4.47. The van der Waals surface area contributed by atoms with Crippen LogP contribution in [0, 0.1) is 35.0 Å². The molecule has 1 aromatic carbocycles. The first-order valence-corrected chi connectivity index (χ1v) is 22.9. The zero-order valence-electron chi connectivity index (χ0n) is 34.9. The van der Waals surface area contributed by atoms with Gasteiger partial charge in [0.05, 0.1) is 29.3 Å². The van der Waals surface area contributed by atoms with Gasteiger partial charge in [0.1, 0.15) is 35.2 Å². The lowest BCUT2D eigenvalue weighted by Gasteiger charge is -2.50. The Morgan fingerprint density at radius 1 is 1.07 bits per heavy atom. The minimum Gasteiger partial charge on any atom is -0.497 e. The molecule has 1 saturated heterocycles. The standard InChI is InChI=1S/C42H58F2N6O9S/c1-22-15-16-50(33(22)37(52)48-42(21-28(42)35(43)44)39(54)49-60(56,57)26-12-13-26)38(53)34(41(2,3)4)47-40(55)59-32-19-23-17-24(18-23)27(32)9-7-6-8-10-30-36(51)46-31-20-25(58-5)11-14-29(31)45-30/h11,14,20,22-24,26-28,32-35H,6-10,12-13,15-19,21H2,1-5H3,(H,46,51)(H,47,55)(H,48,52)(H,49,54)/t22-,23?,24?,27+,28+,32+,33+,34-,42-/m1/s1. The molecular formula is C42H58F2N6O9S. The van der Waals surface area contributed by atoms with Crippen LogP contribution >= 0.6 is 0 Å². The predicted octanol–water partition coefficient (Wildman–Crippen LogP) is 4.58. The molecule has 15 nitrogen and oxygen atoms in total. The Morgan fingerprint density at radius 2 is 1.80 bits per heavy atom. The Bertz CT molecular complexity index is 2150. The lowest BCUT2D eigenvalue weighted by atomic mass is 9.58. The average molecular weight is 861 g/mol. The number of rotatable bonds is 16. The number of aryl methyl sites for hydroxylation is 1. The van der Waals surface area contributed by atoms with Crippen molar-refractivity contribution in [1.29, 1.82) is 0 Å². The smallest absolute Gasteiger partial charge is 0.408 e. The van der Waals surface area contributed by atoms with E-state index in [2.05, 4.69) is 20.6 Å². The summed E-state index contributed by atoms with van der Waals surface area (Å²) in [5.41, 5.74) is -1.38. The van der Waals surface area contributed by atoms with E-state index in [4.69, 9.17) is 9.47 Å². The summed E-state index contributed by atoms with van der Waals surface area (Å²) >= 11 is 0. The maximum atomic E-state index is 14.3. The van der Waals surface area contributed by atoms with Gasteiger partial charge in [-0.2, -0.15) is 0 Å². The van der Waals surface area contributed by atoms with Crippen LogP contribution in [0.3, 0.4) is 0 Å². The van der Waals surface area contributed by atoms with Crippen molar-refractivity contribution in [2.24, 2.45) is 35.0 Å². The van der Waals surface area contributed by atoms with E-state index in [9.17, 15) is 41.2 Å². The van der Waals surface area contributed by atoms with Crippen LogP contribution in [-0.4, -0.2) is 96.2 Å². The third-order valence-corrected chi connectivity index (χ3v) is 15.3. The van der Waals surface area contributed by atoms with E-state index in [0.29, 0.717) is 60.0 Å². The summed E-state index contributed by atoms with van der Waals surface area (Å²) in [7, 11) is -2.51. The quantitative estimate of drug-likeness (QED) is 0.173. The number of methoxy groups -OCH3 is 1. The van der Waals surface area contributed by atoms with Crippen LogP contribution in [0.5, 0.6) is 5.75 Å². The minimum atomic E-state index is -4.08. The van der Waals surface area contributed by atoms with E-state index in [1.807, 2.05) is 10.8 Å². The van der Waals surface area contributed by atoms with E-state index in [0.717, 1.165) is 44.9 Å². The number of carbonyl (C=O) groups excluding carboxylic acids is 4. The van der Waals surface area contributed by atoms with Crippen molar-refractivity contribution < 1.29 is 45.9 Å². The van der Waals surface area contributed by atoms with Crippen molar-refractivity contribution >= 4 is 44.9 Å². The molecule has 1 aromatic heterocycles. The third-order valence-electron chi connectivity index (χ3n) is 13.5. The number of nitrogens with zero attached hydrogens (tertiary/aromatic N) is 2. The maximum absolute atomic E-state index is 14.3. The molecule has 5 saturated carbocycles. The molecule has 4 amide bonds. The number of amides is 4. The highest BCUT2D eigenvalue weighted by molar-refractivity contribution is 7.91. The van der Waals surface area contributed by atoms with E-state index >= 15 is 0 Å². The van der Waals surface area contributed by atoms with Gasteiger partial charge in [-0.3, -0.25) is 23.9 Å². The number of nitrogens with one attached hydrogen (secondary N) is 4. The minimum absolute atomic E-state index is 0.142. The molecular weight excluding hydrogens is 803 g/mol. The highest BCUT2D eigenvalue weighted by Crippen LogP contribution is 2.52. The van der Waals surface area contributed by atoms with Crippen LogP contribution in [0.2, 0.25) is 0 Å². The predicted molar refractivity (Wildman–Crippen MR) is 216 cm³/mol. The molecule has 5 aliphatic carbocycles. The number of fused-ring (bicyclic) bond motifs is 3. The number of carbonyl (C=O) groups is 4. The number of likely N-dealkylation sites (tertiary alicyclic amines) is 1. The van der Waals surface area contributed by atoms with Crippen molar-refractivity contribution in [3.8, 4) is 5.75 Å². The van der Waals surface area contributed by atoms with Crippen molar-refractivity contribution in [3.63, 3.8) is 0 Å². The number of aromatic nitrogens is 2. The monoisotopic (exact) mass is 860 g/mol. The van der Waals surface area contributed by atoms with Gasteiger partial charge in [0.25, 0.3) is 11.5 Å². The Balaban J connectivity index is 0.954. The molecule has 6 fully saturated rings. The molecule has 2 aromatic rings. The number of halogens is 2. The van der Waals surface area contributed by atoms with Crippen molar-refractivity contribution in [1.82, 2.24) is 30.2 Å². The topological polar surface area (TPSA) is 206 Å². The fourth-order valence-corrected chi connectivity index (χ4v) is 11.0. The van der Waals surface area contributed by atoms with E-state index in [-0.39, 0.29) is 24.1 Å². The molecule has 4 N–H and O–H groups in total. The summed E-state index contributed by atoms with van der Waals surface area (Å²) in [6.45, 7) is 7.21. The summed E-state index contributed by atoms with van der Waals surface area (Å²) < 4.78 is 66.3. The molecule has 0 unspecified atom stereocenters. The van der Waals surface area contributed by atoms with Crippen LogP contribution in [0.1, 0.15) is 104 Å². The number of benzene rings is 1. The van der Waals surface area contributed by atoms with Crippen LogP contribution < -0.4 is 25.7 Å². The normalized spacial score (nSPS) is 29.1. The molecule has 60 heavy (non-hydrogen) atoms. The first kappa shape index (κ1) is 43.7. The van der Waals surface area contributed by atoms with Gasteiger partial charge in [-0.15, -0.1) is 0 Å². The van der Waals surface area contributed by atoms with Crippen LogP contribution in [0.25, 0.3) is 11.0 Å². The van der Waals surface area contributed by atoms with E-state index < -0.39 is 86.8 Å². The van der Waals surface area contributed by atoms with Gasteiger partial charge in [0.2, 0.25) is 28.3 Å². The van der Waals surface area contributed by atoms with Gasteiger partial charge in [0.15, 0.2) is 0 Å². The molecule has 6 aliphatic rings. The van der Waals surface area contributed by atoms with E-state index in [1.165, 1.54) is 4.90 Å². The van der Waals surface area contributed by atoms with Crippen molar-refractivity contribution in [3.05, 3.63) is 34.2 Å². The molecule has 18 heteroatoms. The largest absolute Gasteiger partial charge is 0.497 e. The number of aromatic amines is 1. The molecule has 7 atom stereocenters. The number of hydrogen-bond donors (Lipinski definition) is 4. The second kappa shape index (κ2) is 16.8. The number of unbranched alkanes of at least 4 members (excludes halogenated alkanes) is 2. The first-order chi connectivity index (χ1) is 28.3. The lowest BCUT2D eigenvalue weighted by molar-refractivity contribution is -0.144. The number of hydrogen-bond acceptors (Lipinski definition) is 10. The average Bonchev–Trinajstić information content (AvgIpc) is 4.10. The SMILES string of the molecule is COc1ccc2nc(CCCCC[C@H]3C4CC(C4)C[C@@H]3OC(=O)N[C@H](C(=O)N3CC[C@@H](C)[C@H]3C(=O)N[C@]3(C(=O)NS(=O)(=O)C4CC4)C[C@H]3C(F)F)C(C)(C)C)c(=O)[nH]c2c1. The third kappa shape index (κ3) is 9.13. The number of alkyl halides is 2. The Hall–Kier alpha value is -4.35. The molecule has 0 radical (unpaired) electrons. The summed E-state index contributed by atoms with van der Waals surface area (Å²) in [6, 6.07) is 3.09. The first-order valence-electron chi connectivity index (χ1n) is 21.3. The highest BCUT2D eigenvalue weighted by Gasteiger charge is 2.67. The molecule has 330 valence electrons. The molecule has 2 heterocycles. The Kier molecular flexibility index (Phi) is 12.3. The van der Waals surface area contributed by atoms with Gasteiger partial charge < -0.3 is 30.0 Å². The summed E-state index contributed by atoms with van der Waals surface area (Å²) in [6.07, 6.45) is 3.40. The number of H-pyrrole nitrogens is 1. The zero-order valence-corrected chi connectivity index (χ0v) is 35.7. The molecule has 2 bridgehead atoms. The second-order valence-electron chi connectivity index (χ2n) is 18.9. The number of ether oxygens (including phenoxy) is 2. The van der Waals surface area contributed by atoms with Gasteiger partial charge >= 0.3 is 6.09 Å². The van der Waals surface area contributed by atoms with E-state index in [1.54, 1.807) is 46.9 Å². The highest BCUT2D eigenvalue weighted by atomic mass is 32.2. The number of alkyl carbamates (subject to hydrolysis) is 1. The van der Waals surface area contributed by atoms with Gasteiger partial charge in [-0.05, 0) is 105 Å². The Labute approximate surface area is 348 Å². The van der Waals surface area contributed by atoms with Crippen molar-refractivity contribution in [2.45, 2.75) is 140 Å². The summed E-state index contributed by atoms with van der Waals surface area (Å²) in [4.78, 5) is 76.6. The zero-order chi connectivity index (χ0) is 43.3. The van der Waals surface area contributed by atoms with Crippen molar-refractivity contribution in [2.75, 3.05) is 13.7 Å².